The number of anilines is 2. The lowest BCUT2D eigenvalue weighted by Gasteiger charge is -2.24. The van der Waals surface area contributed by atoms with Crippen LogP contribution in [-0.2, 0) is 14.8 Å². The van der Waals surface area contributed by atoms with Gasteiger partial charge in [0.25, 0.3) is 15.9 Å². The van der Waals surface area contributed by atoms with Crippen molar-refractivity contribution < 1.29 is 18.0 Å². The first kappa shape index (κ1) is 24.5. The molecule has 0 spiro atoms. The summed E-state index contributed by atoms with van der Waals surface area (Å²) in [5, 5.41) is 5.33. The smallest absolute Gasteiger partial charge is 0.264 e. The number of rotatable bonds is 9. The molecule has 3 rings (SSSR count). The lowest BCUT2D eigenvalue weighted by Crippen LogP contribution is -2.38. The van der Waals surface area contributed by atoms with Crippen LogP contribution < -0.4 is 14.9 Å². The normalized spacial score (nSPS) is 10.8. The molecule has 0 aliphatic rings. The van der Waals surface area contributed by atoms with Gasteiger partial charge in [-0.25, -0.2) is 8.42 Å². The van der Waals surface area contributed by atoms with Gasteiger partial charge >= 0.3 is 0 Å². The van der Waals surface area contributed by atoms with Gasteiger partial charge in [0, 0.05) is 10.1 Å². The Morgan fingerprint density at radius 1 is 0.939 bits per heavy atom. The van der Waals surface area contributed by atoms with Gasteiger partial charge in [0.1, 0.15) is 6.54 Å². The Morgan fingerprint density at radius 3 is 2.24 bits per heavy atom. The topological polar surface area (TPSA) is 95.6 Å². The summed E-state index contributed by atoms with van der Waals surface area (Å²) in [5.74, 6) is -0.964. The molecule has 2 N–H and O–H groups in total. The zero-order valence-electron chi connectivity index (χ0n) is 17.6. The maximum absolute atomic E-state index is 13.4. The van der Waals surface area contributed by atoms with Crippen LogP contribution >= 0.6 is 22.6 Å². The van der Waals surface area contributed by atoms with E-state index in [2.05, 4.69) is 39.8 Å². The molecule has 33 heavy (non-hydrogen) atoms. The fourth-order valence-corrected chi connectivity index (χ4v) is 4.81. The molecule has 3 aromatic rings. The van der Waals surface area contributed by atoms with Crippen LogP contribution in [-0.4, -0.2) is 33.3 Å². The van der Waals surface area contributed by atoms with Gasteiger partial charge in [-0.05, 0) is 71.1 Å². The standard InChI is InChI=1S/C24H22IN3O4S/c1-2-16-26-24(30)21-10-6-7-11-22(21)27-23(29)17-28(19-14-12-18(25)13-15-19)33(31,32)20-8-4-3-5-9-20/h2-15H,1,16-17H2,(H,26,30)(H,27,29). The summed E-state index contributed by atoms with van der Waals surface area (Å²) < 4.78 is 28.7. The number of para-hydroxylation sites is 1. The summed E-state index contributed by atoms with van der Waals surface area (Å²) in [4.78, 5) is 25.4. The highest BCUT2D eigenvalue weighted by Gasteiger charge is 2.27. The molecule has 0 heterocycles. The number of hydrogen-bond donors (Lipinski definition) is 2. The van der Waals surface area contributed by atoms with Crippen molar-refractivity contribution in [1.29, 1.82) is 0 Å². The van der Waals surface area contributed by atoms with Crippen molar-refractivity contribution in [2.45, 2.75) is 4.90 Å². The quantitative estimate of drug-likeness (QED) is 0.298. The second-order valence-electron chi connectivity index (χ2n) is 6.89. The molecule has 0 atom stereocenters. The predicted octanol–water partition coefficient (Wildman–Crippen LogP) is 4.04. The van der Waals surface area contributed by atoms with Gasteiger partial charge in [-0.3, -0.25) is 13.9 Å². The van der Waals surface area contributed by atoms with Gasteiger partial charge in [0.15, 0.2) is 0 Å². The summed E-state index contributed by atoms with van der Waals surface area (Å²) in [6.45, 7) is 3.37. The van der Waals surface area contributed by atoms with E-state index in [9.17, 15) is 18.0 Å². The average Bonchev–Trinajstić information content (AvgIpc) is 2.82. The molecular weight excluding hydrogens is 553 g/mol. The lowest BCUT2D eigenvalue weighted by atomic mass is 10.1. The number of hydrogen-bond acceptors (Lipinski definition) is 4. The highest BCUT2D eigenvalue weighted by atomic mass is 127. The third-order valence-electron chi connectivity index (χ3n) is 4.59. The van der Waals surface area contributed by atoms with E-state index in [1.807, 2.05) is 0 Å². The van der Waals surface area contributed by atoms with Crippen molar-refractivity contribution >= 4 is 55.8 Å². The van der Waals surface area contributed by atoms with E-state index >= 15 is 0 Å². The fourth-order valence-electron chi connectivity index (χ4n) is 3.01. The van der Waals surface area contributed by atoms with Gasteiger partial charge in [-0.15, -0.1) is 6.58 Å². The van der Waals surface area contributed by atoms with E-state index in [4.69, 9.17) is 0 Å². The van der Waals surface area contributed by atoms with Gasteiger partial charge in [-0.1, -0.05) is 36.4 Å². The summed E-state index contributed by atoms with van der Waals surface area (Å²) in [6, 6.07) is 21.3. The van der Waals surface area contributed by atoms with E-state index in [-0.39, 0.29) is 28.6 Å². The lowest BCUT2D eigenvalue weighted by molar-refractivity contribution is -0.114. The molecule has 0 aliphatic carbocycles. The molecule has 2 amide bonds. The number of carbonyl (C=O) groups is 2. The molecule has 0 aromatic heterocycles. The number of sulfonamides is 1. The summed E-state index contributed by atoms with van der Waals surface area (Å²) in [6.07, 6.45) is 1.55. The molecule has 0 unspecified atom stereocenters. The second-order valence-corrected chi connectivity index (χ2v) is 10.0. The van der Waals surface area contributed by atoms with E-state index in [0.29, 0.717) is 5.69 Å². The van der Waals surface area contributed by atoms with Crippen LogP contribution in [0.5, 0.6) is 0 Å². The highest BCUT2D eigenvalue weighted by Crippen LogP contribution is 2.25. The van der Waals surface area contributed by atoms with E-state index in [0.717, 1.165) is 7.88 Å². The van der Waals surface area contributed by atoms with Crippen molar-refractivity contribution in [1.82, 2.24) is 5.32 Å². The van der Waals surface area contributed by atoms with Crippen molar-refractivity contribution in [3.63, 3.8) is 0 Å². The van der Waals surface area contributed by atoms with Crippen LogP contribution in [0.25, 0.3) is 0 Å². The SMILES string of the molecule is C=CCNC(=O)c1ccccc1NC(=O)CN(c1ccc(I)cc1)S(=O)(=O)c1ccccc1. The maximum atomic E-state index is 13.4. The highest BCUT2D eigenvalue weighted by molar-refractivity contribution is 14.1. The van der Waals surface area contributed by atoms with Crippen molar-refractivity contribution in [2.75, 3.05) is 22.7 Å². The van der Waals surface area contributed by atoms with Gasteiger partial charge in [-0.2, -0.15) is 0 Å². The molecule has 3 aromatic carbocycles. The number of amides is 2. The zero-order valence-corrected chi connectivity index (χ0v) is 20.5. The number of halogens is 1. The van der Waals surface area contributed by atoms with Crippen molar-refractivity contribution in [3.8, 4) is 0 Å². The Kier molecular flexibility index (Phi) is 8.23. The molecule has 0 bridgehead atoms. The third-order valence-corrected chi connectivity index (χ3v) is 7.09. The minimum absolute atomic E-state index is 0.0700. The minimum atomic E-state index is -4.01. The molecule has 7 nitrogen and oxygen atoms in total. The zero-order chi connectivity index (χ0) is 23.8. The van der Waals surface area contributed by atoms with Crippen LogP contribution in [0.1, 0.15) is 10.4 Å². The largest absolute Gasteiger partial charge is 0.349 e. The molecule has 0 saturated heterocycles. The Balaban J connectivity index is 1.90. The minimum Gasteiger partial charge on any atom is -0.349 e. The van der Waals surface area contributed by atoms with E-state index in [1.54, 1.807) is 72.8 Å². The summed E-state index contributed by atoms with van der Waals surface area (Å²) in [7, 11) is -4.01. The second kappa shape index (κ2) is 11.1. The predicted molar refractivity (Wildman–Crippen MR) is 138 cm³/mol. The van der Waals surface area contributed by atoms with Crippen LogP contribution in [0.3, 0.4) is 0 Å². The molecular formula is C24H22IN3O4S. The monoisotopic (exact) mass is 575 g/mol. The number of carbonyl (C=O) groups excluding carboxylic acids is 2. The Morgan fingerprint density at radius 2 is 1.58 bits per heavy atom. The maximum Gasteiger partial charge on any atom is 0.264 e. The molecule has 0 fully saturated rings. The van der Waals surface area contributed by atoms with Gasteiger partial charge in [0.05, 0.1) is 21.8 Å². The van der Waals surface area contributed by atoms with E-state index < -0.39 is 22.5 Å². The van der Waals surface area contributed by atoms with Crippen molar-refractivity contribution in [2.24, 2.45) is 0 Å². The first-order valence-corrected chi connectivity index (χ1v) is 12.5. The van der Waals surface area contributed by atoms with Gasteiger partial charge in [0.2, 0.25) is 5.91 Å². The Hall–Kier alpha value is -3.18. The van der Waals surface area contributed by atoms with Crippen LogP contribution in [0, 0.1) is 3.57 Å². The number of nitrogens with zero attached hydrogens (tertiary/aromatic N) is 1. The van der Waals surface area contributed by atoms with Crippen LogP contribution in [0.4, 0.5) is 11.4 Å². The summed E-state index contributed by atoms with van der Waals surface area (Å²) >= 11 is 2.12. The molecule has 0 aliphatic heterocycles. The average molecular weight is 575 g/mol. The number of benzene rings is 3. The fraction of sp³-hybridized carbons (Fsp3) is 0.0833. The Bertz CT molecular complexity index is 1250. The number of nitrogens with one attached hydrogen (secondary N) is 2. The third kappa shape index (κ3) is 6.20. The van der Waals surface area contributed by atoms with Gasteiger partial charge < -0.3 is 10.6 Å². The first-order chi connectivity index (χ1) is 15.8. The summed E-state index contributed by atoms with van der Waals surface area (Å²) in [5.41, 5.74) is 0.898. The first-order valence-electron chi connectivity index (χ1n) is 9.94. The molecule has 9 heteroatoms. The molecule has 0 saturated carbocycles. The molecule has 0 radical (unpaired) electrons. The van der Waals surface area contributed by atoms with Crippen molar-refractivity contribution in [3.05, 3.63) is 101 Å². The van der Waals surface area contributed by atoms with Crippen LogP contribution in [0.15, 0.2) is 96.4 Å². The molecule has 170 valence electrons. The Labute approximate surface area is 206 Å². The van der Waals surface area contributed by atoms with Crippen LogP contribution in [0.2, 0.25) is 0 Å². The van der Waals surface area contributed by atoms with E-state index in [1.165, 1.54) is 12.1 Å².